The van der Waals surface area contributed by atoms with Crippen LogP contribution in [0.5, 0.6) is 5.75 Å². The van der Waals surface area contributed by atoms with E-state index in [4.69, 9.17) is 16.3 Å². The lowest BCUT2D eigenvalue weighted by atomic mass is 10.1. The minimum Gasteiger partial charge on any atom is -0.496 e. The Kier molecular flexibility index (Phi) is 4.95. The van der Waals surface area contributed by atoms with E-state index >= 15 is 0 Å². The van der Waals surface area contributed by atoms with Crippen molar-refractivity contribution in [2.45, 2.75) is 0 Å². The van der Waals surface area contributed by atoms with Crippen LogP contribution in [0.2, 0.25) is 5.02 Å². The van der Waals surface area contributed by atoms with Gasteiger partial charge in [0.15, 0.2) is 0 Å². The molecule has 0 aliphatic heterocycles. The van der Waals surface area contributed by atoms with E-state index < -0.39 is 0 Å². The zero-order valence-corrected chi connectivity index (χ0v) is 14.4. The molecule has 0 amide bonds. The van der Waals surface area contributed by atoms with Crippen LogP contribution in [0.15, 0.2) is 53.9 Å². The molecule has 0 N–H and O–H groups in total. The Hall–Kier alpha value is -2.61. The average Bonchev–Trinajstić information content (AvgIpc) is 3.11. The van der Waals surface area contributed by atoms with Gasteiger partial charge >= 0.3 is 0 Å². The monoisotopic (exact) mass is 352 g/mol. The number of aromatic nitrogens is 1. The van der Waals surface area contributed by atoms with Crippen molar-refractivity contribution < 1.29 is 4.74 Å². The van der Waals surface area contributed by atoms with Gasteiger partial charge in [0, 0.05) is 16.0 Å². The van der Waals surface area contributed by atoms with E-state index in [-0.39, 0.29) is 0 Å². The molecule has 0 saturated carbocycles. The molecule has 24 heavy (non-hydrogen) atoms. The van der Waals surface area contributed by atoms with Crippen LogP contribution in [0, 0.1) is 11.3 Å². The summed E-state index contributed by atoms with van der Waals surface area (Å²) in [5.41, 5.74) is 3.13. The maximum absolute atomic E-state index is 9.47. The molecular weight excluding hydrogens is 340 g/mol. The molecule has 1 heterocycles. The van der Waals surface area contributed by atoms with E-state index in [1.165, 1.54) is 11.3 Å². The first-order valence-electron chi connectivity index (χ1n) is 7.18. The van der Waals surface area contributed by atoms with Gasteiger partial charge in [-0.1, -0.05) is 35.9 Å². The highest BCUT2D eigenvalue weighted by Gasteiger charge is 2.12. The second-order valence-electron chi connectivity index (χ2n) is 4.96. The molecule has 0 fully saturated rings. The van der Waals surface area contributed by atoms with E-state index in [1.54, 1.807) is 25.3 Å². The molecule has 0 bridgehead atoms. The van der Waals surface area contributed by atoms with Gasteiger partial charge in [0.2, 0.25) is 0 Å². The van der Waals surface area contributed by atoms with Crippen molar-refractivity contribution in [2.24, 2.45) is 0 Å². The van der Waals surface area contributed by atoms with Gasteiger partial charge in [-0.3, -0.25) is 0 Å². The van der Waals surface area contributed by atoms with Crippen LogP contribution in [0.25, 0.3) is 22.9 Å². The zero-order chi connectivity index (χ0) is 16.9. The summed E-state index contributed by atoms with van der Waals surface area (Å²) >= 11 is 7.33. The van der Waals surface area contributed by atoms with Crippen LogP contribution in [-0.4, -0.2) is 12.1 Å². The van der Waals surface area contributed by atoms with Crippen LogP contribution in [-0.2, 0) is 0 Å². The third kappa shape index (κ3) is 3.48. The first-order chi connectivity index (χ1) is 11.7. The summed E-state index contributed by atoms with van der Waals surface area (Å²) in [6.07, 6.45) is 1.81. The second-order valence-corrected chi connectivity index (χ2v) is 6.25. The zero-order valence-electron chi connectivity index (χ0n) is 12.9. The Morgan fingerprint density at radius 3 is 2.67 bits per heavy atom. The number of nitriles is 1. The van der Waals surface area contributed by atoms with Crippen LogP contribution in [0.1, 0.15) is 10.6 Å². The smallest absolute Gasteiger partial charge is 0.134 e. The number of rotatable bonds is 4. The molecule has 3 nitrogen and oxygen atoms in total. The van der Waals surface area contributed by atoms with Crippen LogP contribution in [0.4, 0.5) is 0 Å². The molecule has 0 saturated heterocycles. The van der Waals surface area contributed by atoms with E-state index in [0.29, 0.717) is 15.6 Å². The molecule has 5 heteroatoms. The minimum absolute atomic E-state index is 0.517. The molecule has 0 aliphatic carbocycles. The van der Waals surface area contributed by atoms with Gasteiger partial charge in [0.05, 0.1) is 18.4 Å². The van der Waals surface area contributed by atoms with Gasteiger partial charge in [-0.05, 0) is 35.9 Å². The van der Waals surface area contributed by atoms with Crippen molar-refractivity contribution in [2.75, 3.05) is 7.11 Å². The fraction of sp³-hybridized carbons (Fsp3) is 0.0526. The number of allylic oxidation sites excluding steroid dienone is 1. The average molecular weight is 353 g/mol. The van der Waals surface area contributed by atoms with Crippen molar-refractivity contribution in [3.05, 3.63) is 69.5 Å². The normalized spacial score (nSPS) is 11.1. The molecule has 2 aromatic carbocycles. The molecule has 1 aromatic heterocycles. The molecule has 0 spiro atoms. The highest BCUT2D eigenvalue weighted by molar-refractivity contribution is 7.11. The highest BCUT2D eigenvalue weighted by atomic mass is 35.5. The van der Waals surface area contributed by atoms with E-state index in [1.807, 2.05) is 41.8 Å². The Morgan fingerprint density at radius 1 is 1.21 bits per heavy atom. The summed E-state index contributed by atoms with van der Waals surface area (Å²) < 4.78 is 5.38. The van der Waals surface area contributed by atoms with Gasteiger partial charge in [-0.2, -0.15) is 5.26 Å². The summed E-state index contributed by atoms with van der Waals surface area (Å²) in [6.45, 7) is 0. The molecular formula is C19H13ClN2OS. The predicted octanol–water partition coefficient (Wildman–Crippen LogP) is 5.54. The minimum atomic E-state index is 0.517. The first kappa shape index (κ1) is 16.3. The third-order valence-electron chi connectivity index (χ3n) is 3.42. The van der Waals surface area contributed by atoms with Gasteiger partial charge in [0.1, 0.15) is 16.8 Å². The van der Waals surface area contributed by atoms with Crippen molar-refractivity contribution in [3.63, 3.8) is 0 Å². The second kappa shape index (κ2) is 7.31. The fourth-order valence-electron chi connectivity index (χ4n) is 2.24. The SMILES string of the molecule is COc1ccccc1-c1csc(C(C#N)=Cc2ccc(Cl)cc2)n1. The van der Waals surface area contributed by atoms with Crippen LogP contribution >= 0.6 is 22.9 Å². The van der Waals surface area contributed by atoms with Gasteiger partial charge in [0.25, 0.3) is 0 Å². The molecule has 0 aliphatic rings. The highest BCUT2D eigenvalue weighted by Crippen LogP contribution is 2.32. The number of hydrogen-bond acceptors (Lipinski definition) is 4. The Balaban J connectivity index is 1.96. The maximum Gasteiger partial charge on any atom is 0.134 e. The number of thiazole rings is 1. The molecule has 118 valence electrons. The summed E-state index contributed by atoms with van der Waals surface area (Å²) in [7, 11) is 1.63. The number of para-hydroxylation sites is 1. The van der Waals surface area contributed by atoms with Gasteiger partial charge in [-0.25, -0.2) is 4.98 Å². The van der Waals surface area contributed by atoms with Crippen molar-refractivity contribution in [3.8, 4) is 23.1 Å². The topological polar surface area (TPSA) is 45.9 Å². The molecule has 0 atom stereocenters. The summed E-state index contributed by atoms with van der Waals surface area (Å²) in [4.78, 5) is 4.60. The Morgan fingerprint density at radius 2 is 1.96 bits per heavy atom. The predicted molar refractivity (Wildman–Crippen MR) is 99.0 cm³/mol. The van der Waals surface area contributed by atoms with Crippen molar-refractivity contribution in [1.82, 2.24) is 4.98 Å². The lowest BCUT2D eigenvalue weighted by Gasteiger charge is -2.04. The van der Waals surface area contributed by atoms with Crippen LogP contribution < -0.4 is 4.74 Å². The van der Waals surface area contributed by atoms with E-state index in [2.05, 4.69) is 11.1 Å². The maximum atomic E-state index is 9.47. The molecule has 0 radical (unpaired) electrons. The van der Waals surface area contributed by atoms with E-state index in [0.717, 1.165) is 22.6 Å². The van der Waals surface area contributed by atoms with Gasteiger partial charge < -0.3 is 4.74 Å². The number of nitrogens with zero attached hydrogens (tertiary/aromatic N) is 2. The molecule has 3 aromatic rings. The van der Waals surface area contributed by atoms with Crippen LogP contribution in [0.3, 0.4) is 0 Å². The number of benzene rings is 2. The third-order valence-corrected chi connectivity index (χ3v) is 4.55. The number of ether oxygens (including phenoxy) is 1. The molecule has 0 unspecified atom stereocenters. The summed E-state index contributed by atoms with van der Waals surface area (Å²) in [5, 5.41) is 12.7. The lowest BCUT2D eigenvalue weighted by Crippen LogP contribution is -1.88. The summed E-state index contributed by atoms with van der Waals surface area (Å²) in [5.74, 6) is 0.759. The van der Waals surface area contributed by atoms with Crippen molar-refractivity contribution >= 4 is 34.6 Å². The largest absolute Gasteiger partial charge is 0.496 e. The summed E-state index contributed by atoms with van der Waals surface area (Å²) in [6, 6.07) is 17.2. The fourth-order valence-corrected chi connectivity index (χ4v) is 3.16. The van der Waals surface area contributed by atoms with E-state index in [9.17, 15) is 5.26 Å². The molecule has 3 rings (SSSR count). The van der Waals surface area contributed by atoms with Crippen molar-refractivity contribution in [1.29, 1.82) is 5.26 Å². The number of halogens is 1. The number of hydrogen-bond donors (Lipinski definition) is 0. The standard InChI is InChI=1S/C19H13ClN2OS/c1-23-18-5-3-2-4-16(18)17-12-24-19(22-17)14(11-21)10-13-6-8-15(20)9-7-13/h2-10,12H,1H3. The first-order valence-corrected chi connectivity index (χ1v) is 8.43. The number of methoxy groups -OCH3 is 1. The Labute approximate surface area is 149 Å². The quantitative estimate of drug-likeness (QED) is 0.579. The van der Waals surface area contributed by atoms with Gasteiger partial charge in [-0.15, -0.1) is 11.3 Å². The lowest BCUT2D eigenvalue weighted by molar-refractivity contribution is 0.416. The Bertz CT molecular complexity index is 923.